The quantitative estimate of drug-likeness (QED) is 0.341. The summed E-state index contributed by atoms with van der Waals surface area (Å²) >= 11 is 3.42. The Bertz CT molecular complexity index is 1190. The van der Waals surface area contributed by atoms with Crippen molar-refractivity contribution >= 4 is 27.8 Å². The Balaban J connectivity index is 1.40. The summed E-state index contributed by atoms with van der Waals surface area (Å²) in [7, 11) is 3.02. The van der Waals surface area contributed by atoms with Crippen molar-refractivity contribution in [3.63, 3.8) is 0 Å². The molecule has 194 valence electrons. The predicted molar refractivity (Wildman–Crippen MR) is 145 cm³/mol. The van der Waals surface area contributed by atoms with E-state index in [0.29, 0.717) is 37.4 Å². The Morgan fingerprint density at radius 2 is 1.57 bits per heavy atom. The van der Waals surface area contributed by atoms with Gasteiger partial charge in [0.2, 0.25) is 0 Å². The first kappa shape index (κ1) is 26.9. The third-order valence-corrected chi connectivity index (χ3v) is 7.00. The Hall–Kier alpha value is -3.20. The Morgan fingerprint density at radius 1 is 0.892 bits per heavy atom. The lowest BCUT2D eigenvalue weighted by atomic mass is 10.1. The molecule has 0 aliphatic carbocycles. The molecule has 1 saturated heterocycles. The average molecular weight is 567 g/mol. The van der Waals surface area contributed by atoms with Crippen molar-refractivity contribution in [2.24, 2.45) is 0 Å². The first-order chi connectivity index (χ1) is 18.0. The van der Waals surface area contributed by atoms with E-state index in [0.717, 1.165) is 34.4 Å². The number of halogens is 1. The van der Waals surface area contributed by atoms with Gasteiger partial charge in [-0.3, -0.25) is 9.69 Å². The molecule has 1 unspecified atom stereocenters. The maximum atomic E-state index is 12.9. The second kappa shape index (κ2) is 12.9. The van der Waals surface area contributed by atoms with Crippen LogP contribution in [0.15, 0.2) is 77.3 Å². The smallest absolute Gasteiger partial charge is 0.337 e. The van der Waals surface area contributed by atoms with Gasteiger partial charge in [-0.05, 0) is 59.7 Å². The van der Waals surface area contributed by atoms with E-state index in [1.807, 2.05) is 65.6 Å². The molecule has 8 heteroatoms. The van der Waals surface area contributed by atoms with Crippen LogP contribution in [-0.4, -0.2) is 68.6 Å². The van der Waals surface area contributed by atoms with Crippen molar-refractivity contribution in [2.75, 3.05) is 46.9 Å². The third kappa shape index (κ3) is 7.19. The molecule has 0 saturated carbocycles. The minimum Gasteiger partial charge on any atom is -0.497 e. The molecule has 7 nitrogen and oxygen atoms in total. The summed E-state index contributed by atoms with van der Waals surface area (Å²) in [6, 6.07) is 22.6. The number of ether oxygens (including phenoxy) is 3. The Morgan fingerprint density at radius 3 is 2.22 bits per heavy atom. The van der Waals surface area contributed by atoms with Crippen LogP contribution in [0.25, 0.3) is 0 Å². The summed E-state index contributed by atoms with van der Waals surface area (Å²) in [4.78, 5) is 28.9. The largest absolute Gasteiger partial charge is 0.497 e. The summed E-state index contributed by atoms with van der Waals surface area (Å²) in [6.07, 6.45) is -0.191. The number of hydrogen-bond acceptors (Lipinski definition) is 6. The molecule has 1 fully saturated rings. The van der Waals surface area contributed by atoms with Crippen LogP contribution in [0, 0.1) is 0 Å². The van der Waals surface area contributed by atoms with E-state index in [1.165, 1.54) is 7.11 Å². The van der Waals surface area contributed by atoms with Gasteiger partial charge in [0.25, 0.3) is 5.91 Å². The van der Waals surface area contributed by atoms with Crippen molar-refractivity contribution in [1.29, 1.82) is 0 Å². The van der Waals surface area contributed by atoms with Crippen LogP contribution in [0.3, 0.4) is 0 Å². The molecule has 0 bridgehead atoms. The lowest BCUT2D eigenvalue weighted by Crippen LogP contribution is -2.49. The zero-order valence-electron chi connectivity index (χ0n) is 21.1. The van der Waals surface area contributed by atoms with E-state index in [9.17, 15) is 9.59 Å². The van der Waals surface area contributed by atoms with Crippen LogP contribution < -0.4 is 4.74 Å². The highest BCUT2D eigenvalue weighted by atomic mass is 79.9. The lowest BCUT2D eigenvalue weighted by Gasteiger charge is -2.36. The number of piperazine rings is 1. The summed E-state index contributed by atoms with van der Waals surface area (Å²) in [6.45, 7) is 3.93. The Kier molecular flexibility index (Phi) is 9.33. The summed E-state index contributed by atoms with van der Waals surface area (Å²) in [5.74, 6) is 0.473. The van der Waals surface area contributed by atoms with Crippen LogP contribution in [-0.2, 0) is 16.1 Å². The molecular weight excluding hydrogens is 536 g/mol. The van der Waals surface area contributed by atoms with Crippen LogP contribution in [0.1, 0.15) is 37.9 Å². The highest BCUT2D eigenvalue weighted by Gasteiger charge is 2.25. The number of rotatable bonds is 9. The highest BCUT2D eigenvalue weighted by Crippen LogP contribution is 2.25. The third-order valence-electron chi connectivity index (χ3n) is 6.47. The van der Waals surface area contributed by atoms with Gasteiger partial charge >= 0.3 is 5.97 Å². The number of benzene rings is 3. The average Bonchev–Trinajstić information content (AvgIpc) is 2.95. The number of nitrogens with zero attached hydrogens (tertiary/aromatic N) is 2. The van der Waals surface area contributed by atoms with Crippen molar-refractivity contribution in [3.05, 3.63) is 99.5 Å². The number of esters is 1. The SMILES string of the molecule is COC(=O)c1ccc(COC(CN2CCN(C(=O)c3ccc(Br)cc3)CC2)c2cccc(OC)c2)cc1. The summed E-state index contributed by atoms with van der Waals surface area (Å²) < 4.78 is 17.6. The van der Waals surface area contributed by atoms with Gasteiger partial charge in [0.1, 0.15) is 5.75 Å². The number of amides is 1. The molecule has 1 heterocycles. The van der Waals surface area contributed by atoms with Crippen molar-refractivity contribution < 1.29 is 23.8 Å². The van der Waals surface area contributed by atoms with Gasteiger partial charge in [-0.1, -0.05) is 40.2 Å². The predicted octanol–water partition coefficient (Wildman–Crippen LogP) is 4.96. The molecule has 1 atom stereocenters. The molecule has 37 heavy (non-hydrogen) atoms. The fourth-order valence-electron chi connectivity index (χ4n) is 4.29. The molecule has 3 aromatic rings. The first-order valence-corrected chi connectivity index (χ1v) is 13.0. The van der Waals surface area contributed by atoms with Gasteiger partial charge in [-0.2, -0.15) is 0 Å². The zero-order chi connectivity index (χ0) is 26.2. The molecule has 0 aromatic heterocycles. The van der Waals surface area contributed by atoms with Gasteiger partial charge in [0, 0.05) is 42.8 Å². The summed E-state index contributed by atoms with van der Waals surface area (Å²) in [5, 5.41) is 0. The maximum Gasteiger partial charge on any atom is 0.337 e. The number of carbonyl (C=O) groups is 2. The van der Waals surface area contributed by atoms with E-state index in [4.69, 9.17) is 14.2 Å². The normalized spacial score (nSPS) is 14.7. The van der Waals surface area contributed by atoms with Gasteiger partial charge in [-0.25, -0.2) is 4.79 Å². The number of methoxy groups -OCH3 is 2. The lowest BCUT2D eigenvalue weighted by molar-refractivity contribution is 0.00331. The van der Waals surface area contributed by atoms with Gasteiger partial charge in [-0.15, -0.1) is 0 Å². The van der Waals surface area contributed by atoms with E-state index >= 15 is 0 Å². The Labute approximate surface area is 226 Å². The van der Waals surface area contributed by atoms with Crippen molar-refractivity contribution in [2.45, 2.75) is 12.7 Å². The summed E-state index contributed by atoms with van der Waals surface area (Å²) in [5.41, 5.74) is 3.20. The zero-order valence-corrected chi connectivity index (χ0v) is 22.6. The highest BCUT2D eigenvalue weighted by molar-refractivity contribution is 9.10. The van der Waals surface area contributed by atoms with Crippen molar-refractivity contribution in [1.82, 2.24) is 9.80 Å². The van der Waals surface area contributed by atoms with E-state index in [2.05, 4.69) is 20.8 Å². The fourth-order valence-corrected chi connectivity index (χ4v) is 4.56. The first-order valence-electron chi connectivity index (χ1n) is 12.2. The monoisotopic (exact) mass is 566 g/mol. The fraction of sp³-hybridized carbons (Fsp3) is 0.310. The topological polar surface area (TPSA) is 68.3 Å². The standard InChI is InChI=1S/C29H31BrN2O5/c1-35-26-5-3-4-24(18-26)27(37-20-21-6-8-23(9-7-21)29(34)36-2)19-31-14-16-32(17-15-31)28(33)22-10-12-25(30)13-11-22/h3-13,18,27H,14-17,19-20H2,1-2H3. The van der Waals surface area contributed by atoms with E-state index in [1.54, 1.807) is 19.2 Å². The molecule has 4 rings (SSSR count). The van der Waals surface area contributed by atoms with E-state index < -0.39 is 0 Å². The van der Waals surface area contributed by atoms with Crippen LogP contribution in [0.4, 0.5) is 0 Å². The number of carbonyl (C=O) groups excluding carboxylic acids is 2. The second-order valence-electron chi connectivity index (χ2n) is 8.86. The van der Waals surface area contributed by atoms with Gasteiger partial charge < -0.3 is 19.1 Å². The molecule has 0 N–H and O–H groups in total. The molecule has 1 aliphatic heterocycles. The molecule has 1 aliphatic rings. The molecule has 3 aromatic carbocycles. The van der Waals surface area contributed by atoms with Crippen molar-refractivity contribution in [3.8, 4) is 5.75 Å². The number of hydrogen-bond donors (Lipinski definition) is 0. The minimum atomic E-state index is -0.362. The second-order valence-corrected chi connectivity index (χ2v) is 9.78. The van der Waals surface area contributed by atoms with Gasteiger partial charge in [0.15, 0.2) is 0 Å². The van der Waals surface area contributed by atoms with E-state index in [-0.39, 0.29) is 18.0 Å². The minimum absolute atomic E-state index is 0.0585. The molecule has 0 spiro atoms. The van der Waals surface area contributed by atoms with Gasteiger partial charge in [0.05, 0.1) is 32.5 Å². The molecular formula is C29H31BrN2O5. The molecule has 1 amide bonds. The van der Waals surface area contributed by atoms with Crippen LogP contribution >= 0.6 is 15.9 Å². The maximum absolute atomic E-state index is 12.9. The molecule has 0 radical (unpaired) electrons. The van der Waals surface area contributed by atoms with Crippen LogP contribution in [0.5, 0.6) is 5.75 Å². The van der Waals surface area contributed by atoms with Crippen LogP contribution in [0.2, 0.25) is 0 Å².